The molecule has 0 aromatic carbocycles. The molecule has 0 aromatic heterocycles. The zero-order chi connectivity index (χ0) is 3.41. The summed E-state index contributed by atoms with van der Waals surface area (Å²) < 4.78 is 2.19. The monoisotopic (exact) mass is 123 g/mol. The predicted octanol–water partition coefficient (Wildman–Crippen LogP) is 0.904. The summed E-state index contributed by atoms with van der Waals surface area (Å²) in [6.45, 7) is 0. The van der Waals surface area contributed by atoms with E-state index in [1.54, 1.807) is 0 Å². The van der Waals surface area contributed by atoms with E-state index < -0.39 is 0 Å². The Labute approximate surface area is 33.8 Å². The molecule has 0 heterocycles. The van der Waals surface area contributed by atoms with Crippen molar-refractivity contribution < 1.29 is 13.8 Å². The Bertz CT molecular complexity index is 22.0. The van der Waals surface area contributed by atoms with E-state index in [9.17, 15) is 0 Å². The summed E-state index contributed by atoms with van der Waals surface area (Å²) in [6, 6.07) is 0. The molecule has 0 radical (unpaired) electrons. The van der Waals surface area contributed by atoms with Crippen LogP contribution in [0, 0.1) is 4.91 Å². The maximum atomic E-state index is 8.76. The summed E-state index contributed by atoms with van der Waals surface area (Å²) in [7, 11) is 4.64. The molecule has 0 saturated carbocycles. The topological polar surface area (TPSA) is 29.4 Å². The molecule has 0 spiro atoms. The van der Waals surface area contributed by atoms with Crippen molar-refractivity contribution in [2.45, 2.75) is 0 Å². The molecule has 2 nitrogen and oxygen atoms in total. The molecule has 0 rings (SSSR count). The van der Waals surface area contributed by atoms with Gasteiger partial charge in [-0.2, -0.15) is 0 Å². The molecule has 4 heavy (non-hydrogen) atoms. The predicted molar refractivity (Wildman–Crippen MR) is 11.6 cm³/mol. The van der Waals surface area contributed by atoms with Crippen molar-refractivity contribution in [2.75, 3.05) is 0 Å². The summed E-state index contributed by atoms with van der Waals surface area (Å²) in [5, 5.41) is 0. The van der Waals surface area contributed by atoms with Crippen LogP contribution in [-0.2, 0) is 13.8 Å². The third-order valence-electron chi connectivity index (χ3n) is 0.0218. The third-order valence-corrected chi connectivity index (χ3v) is 0.270. The van der Waals surface area contributed by atoms with Crippen LogP contribution >= 0.6 is 10.2 Å². The van der Waals surface area contributed by atoms with Gasteiger partial charge in [-0.1, -0.05) is 0 Å². The second kappa shape index (κ2) is 3.38. The van der Waals surface area contributed by atoms with Crippen molar-refractivity contribution in [3.8, 4) is 0 Å². The summed E-state index contributed by atoms with van der Waals surface area (Å²) in [4.78, 5) is 8.76. The Morgan fingerprint density at radius 3 is 2.25 bits per heavy atom. The SMILES string of the molecule is O=[N][Ni][Cl]. The van der Waals surface area contributed by atoms with Gasteiger partial charge in [0.05, 0.1) is 0 Å². The fraction of sp³-hybridized carbons (Fsp3) is 0. The Morgan fingerprint density at radius 2 is 2.25 bits per heavy atom. The Balaban J connectivity index is 2.30. The van der Waals surface area contributed by atoms with E-state index in [1.165, 1.54) is 0 Å². The molecule has 0 bridgehead atoms. The average Bonchev–Trinajstić information content (AvgIpc) is 1.37. The van der Waals surface area contributed by atoms with Crippen LogP contribution in [0.15, 0.2) is 4.26 Å². The summed E-state index contributed by atoms with van der Waals surface area (Å²) in [6.07, 6.45) is 0. The number of hydrogen-bond acceptors (Lipinski definition) is 2. The molecule has 28 valence electrons. The van der Waals surface area contributed by atoms with E-state index >= 15 is 0 Å². The fourth-order valence-electron chi connectivity index (χ4n) is 0. The molecule has 0 aliphatic heterocycles. The van der Waals surface area contributed by atoms with E-state index in [0.29, 0.717) is 0 Å². The molecule has 0 fully saturated rings. The van der Waals surface area contributed by atoms with Crippen molar-refractivity contribution in [2.24, 2.45) is 4.26 Å². The van der Waals surface area contributed by atoms with E-state index in [4.69, 9.17) is 4.91 Å². The normalized spacial score (nSPS) is 7.25. The van der Waals surface area contributed by atoms with Gasteiger partial charge in [-0.05, 0) is 0 Å². The van der Waals surface area contributed by atoms with Gasteiger partial charge in [0.15, 0.2) is 0 Å². The first kappa shape index (κ1) is 4.38. The molecule has 0 aliphatic carbocycles. The first-order valence-electron chi connectivity index (χ1n) is 0.444. The van der Waals surface area contributed by atoms with Gasteiger partial charge in [-0.3, -0.25) is 0 Å². The maximum absolute atomic E-state index is 8.76. The average molecular weight is 124 g/mol. The first-order valence-corrected chi connectivity index (χ1v) is 2.24. The molecule has 4 heteroatoms. The van der Waals surface area contributed by atoms with E-state index in [2.05, 4.69) is 14.5 Å². The van der Waals surface area contributed by atoms with Gasteiger partial charge in [0.25, 0.3) is 0 Å². The minimum atomic E-state index is 0.264. The van der Waals surface area contributed by atoms with Gasteiger partial charge >= 0.3 is 33.1 Å². The molecule has 0 amide bonds. The quantitative estimate of drug-likeness (QED) is 0.377. The second-order valence-corrected chi connectivity index (χ2v) is 0.899. The van der Waals surface area contributed by atoms with Crippen LogP contribution in [-0.4, -0.2) is 0 Å². The molecular weight excluding hydrogens is 124 g/mol. The fourth-order valence-corrected chi connectivity index (χ4v) is 0. The van der Waals surface area contributed by atoms with Crippen molar-refractivity contribution >= 4 is 10.2 Å². The molecule has 0 N–H and O–H groups in total. The summed E-state index contributed by atoms with van der Waals surface area (Å²) >= 11 is 0.264. The Hall–Kier alpha value is 0.384. The van der Waals surface area contributed by atoms with E-state index in [1.807, 2.05) is 0 Å². The standard InChI is InChI=1S/ClH.NO.Ni/c;1-2;/h1H;;/q;-1;+2/p-1. The molecular formula is ClNNiO. The number of hydrogen-bond donors (Lipinski definition) is 0. The van der Waals surface area contributed by atoms with Crippen molar-refractivity contribution in [1.29, 1.82) is 0 Å². The van der Waals surface area contributed by atoms with Crippen molar-refractivity contribution in [1.82, 2.24) is 0 Å². The molecule has 0 atom stereocenters. The zero-order valence-corrected chi connectivity index (χ0v) is 3.29. The van der Waals surface area contributed by atoms with E-state index in [-0.39, 0.29) is 13.8 Å². The number of rotatable bonds is 1. The van der Waals surface area contributed by atoms with Crippen LogP contribution in [0.5, 0.6) is 0 Å². The molecule has 0 saturated heterocycles. The van der Waals surface area contributed by atoms with Crippen LogP contribution in [0.4, 0.5) is 0 Å². The van der Waals surface area contributed by atoms with Gasteiger partial charge in [-0.25, -0.2) is 0 Å². The summed E-state index contributed by atoms with van der Waals surface area (Å²) in [5.41, 5.74) is 0. The van der Waals surface area contributed by atoms with Gasteiger partial charge in [0.1, 0.15) is 0 Å². The minimum absolute atomic E-state index is 0.264. The Morgan fingerprint density at radius 1 is 2.00 bits per heavy atom. The number of nitrogens with zero attached hydrogens (tertiary/aromatic N) is 1. The van der Waals surface area contributed by atoms with Gasteiger partial charge in [0.2, 0.25) is 0 Å². The van der Waals surface area contributed by atoms with E-state index in [0.717, 1.165) is 0 Å². The summed E-state index contributed by atoms with van der Waals surface area (Å²) in [5.74, 6) is 0. The molecule has 0 aliphatic rings. The second-order valence-electron chi connectivity index (χ2n) is 0.111. The van der Waals surface area contributed by atoms with Crippen molar-refractivity contribution in [3.63, 3.8) is 0 Å². The molecule has 0 unspecified atom stereocenters. The molecule has 0 aromatic rings. The van der Waals surface area contributed by atoms with Gasteiger partial charge in [0, 0.05) is 0 Å². The van der Waals surface area contributed by atoms with Gasteiger partial charge in [-0.15, -0.1) is 0 Å². The van der Waals surface area contributed by atoms with Crippen LogP contribution in [0.1, 0.15) is 0 Å². The van der Waals surface area contributed by atoms with Crippen LogP contribution < -0.4 is 0 Å². The van der Waals surface area contributed by atoms with Crippen LogP contribution in [0.3, 0.4) is 0 Å². The van der Waals surface area contributed by atoms with Crippen molar-refractivity contribution in [3.05, 3.63) is 4.91 Å². The third kappa shape index (κ3) is 2.38. The first-order chi connectivity index (χ1) is 1.91. The van der Waals surface area contributed by atoms with Crippen LogP contribution in [0.25, 0.3) is 0 Å². The number of nitroso groups, excluding NO2 is 1. The Kier molecular flexibility index (Phi) is 3.71. The van der Waals surface area contributed by atoms with Crippen LogP contribution in [0.2, 0.25) is 0 Å². The zero-order valence-electron chi connectivity index (χ0n) is 1.55. The van der Waals surface area contributed by atoms with Gasteiger partial charge < -0.3 is 0 Å². The number of halogens is 1.